The van der Waals surface area contributed by atoms with Crippen LogP contribution in [0.5, 0.6) is 17.4 Å². The second-order valence-electron chi connectivity index (χ2n) is 6.91. The maximum atomic E-state index is 5.86. The predicted octanol–water partition coefficient (Wildman–Crippen LogP) is 4.45. The number of nitrogens with zero attached hydrogens (tertiary/aromatic N) is 1. The van der Waals surface area contributed by atoms with Crippen LogP contribution in [-0.4, -0.2) is 18.6 Å². The molecule has 0 saturated heterocycles. The van der Waals surface area contributed by atoms with E-state index in [4.69, 9.17) is 15.2 Å². The second kappa shape index (κ2) is 9.75. The lowest BCUT2D eigenvalue weighted by Crippen LogP contribution is -2.16. The van der Waals surface area contributed by atoms with Crippen LogP contribution < -0.4 is 20.5 Å². The number of ether oxygens (including phenoxy) is 2. The first kappa shape index (κ1) is 20.4. The van der Waals surface area contributed by atoms with Gasteiger partial charge in [-0.25, -0.2) is 4.98 Å². The van der Waals surface area contributed by atoms with Crippen LogP contribution in [0.4, 0.5) is 0 Å². The summed E-state index contributed by atoms with van der Waals surface area (Å²) < 4.78 is 11.4. The van der Waals surface area contributed by atoms with Crippen molar-refractivity contribution in [3.63, 3.8) is 0 Å². The minimum atomic E-state index is 0.470. The van der Waals surface area contributed by atoms with Crippen molar-refractivity contribution in [2.24, 2.45) is 5.73 Å². The fourth-order valence-electron chi connectivity index (χ4n) is 2.98. The summed E-state index contributed by atoms with van der Waals surface area (Å²) in [5.41, 5.74) is 10.7. The van der Waals surface area contributed by atoms with E-state index in [-0.39, 0.29) is 0 Å². The van der Waals surface area contributed by atoms with E-state index < -0.39 is 0 Å². The zero-order chi connectivity index (χ0) is 20.6. The lowest BCUT2D eigenvalue weighted by Gasteiger charge is -2.12. The Labute approximate surface area is 172 Å². The van der Waals surface area contributed by atoms with E-state index in [2.05, 4.69) is 48.1 Å². The van der Waals surface area contributed by atoms with Gasteiger partial charge in [-0.3, -0.25) is 0 Å². The number of methoxy groups -OCH3 is 1. The Hall–Kier alpha value is -3.31. The van der Waals surface area contributed by atoms with Gasteiger partial charge in [0.15, 0.2) is 11.5 Å². The van der Waals surface area contributed by atoms with Crippen molar-refractivity contribution in [1.29, 1.82) is 0 Å². The zero-order valence-corrected chi connectivity index (χ0v) is 16.9. The number of hydrogen-bond donors (Lipinski definition) is 2. The highest BCUT2D eigenvalue weighted by molar-refractivity contribution is 5.59. The molecule has 3 rings (SSSR count). The molecule has 0 amide bonds. The third-order valence-electron chi connectivity index (χ3n) is 4.55. The third-order valence-corrected chi connectivity index (χ3v) is 4.55. The quantitative estimate of drug-likeness (QED) is 0.529. The highest BCUT2D eigenvalue weighted by Gasteiger charge is 2.08. The van der Waals surface area contributed by atoms with E-state index in [0.717, 1.165) is 30.6 Å². The highest BCUT2D eigenvalue weighted by Crippen LogP contribution is 2.31. The van der Waals surface area contributed by atoms with Gasteiger partial charge in [0.05, 0.1) is 7.11 Å². The van der Waals surface area contributed by atoms with E-state index in [1.54, 1.807) is 19.4 Å². The highest BCUT2D eigenvalue weighted by atomic mass is 16.5. The summed E-state index contributed by atoms with van der Waals surface area (Å²) in [7, 11) is 1.63. The Morgan fingerprint density at radius 2 is 1.93 bits per heavy atom. The standard InChI is InChI=1S/C24H27N3O2/c1-17-5-4-6-19(13-17)11-12-26-15-20-7-9-22(23(14-20)28-3)29-24-10-8-21(16-27-24)18(2)25/h4-10,13-14,16,26H,2,11-12,15,25H2,1,3H3. The van der Waals surface area contributed by atoms with Crippen LogP contribution in [0.1, 0.15) is 22.3 Å². The van der Waals surface area contributed by atoms with Gasteiger partial charge >= 0.3 is 0 Å². The fourth-order valence-corrected chi connectivity index (χ4v) is 2.98. The molecular weight excluding hydrogens is 362 g/mol. The molecule has 3 aromatic rings. The Kier molecular flexibility index (Phi) is 6.87. The van der Waals surface area contributed by atoms with Crippen LogP contribution in [0, 0.1) is 6.92 Å². The van der Waals surface area contributed by atoms with Crippen molar-refractivity contribution in [3.05, 3.63) is 89.6 Å². The number of nitrogens with two attached hydrogens (primary N) is 1. The lowest BCUT2D eigenvalue weighted by atomic mass is 10.1. The molecule has 0 spiro atoms. The van der Waals surface area contributed by atoms with Crippen LogP contribution in [0.3, 0.4) is 0 Å². The molecule has 1 aromatic heterocycles. The van der Waals surface area contributed by atoms with Gasteiger partial charge in [0.2, 0.25) is 5.88 Å². The van der Waals surface area contributed by atoms with E-state index in [9.17, 15) is 0 Å². The van der Waals surface area contributed by atoms with E-state index in [1.165, 1.54) is 11.1 Å². The second-order valence-corrected chi connectivity index (χ2v) is 6.91. The van der Waals surface area contributed by atoms with Gasteiger partial charge in [0.25, 0.3) is 0 Å². The third kappa shape index (κ3) is 5.83. The van der Waals surface area contributed by atoms with Gasteiger partial charge in [-0.05, 0) is 49.2 Å². The van der Waals surface area contributed by atoms with Gasteiger partial charge < -0.3 is 20.5 Å². The summed E-state index contributed by atoms with van der Waals surface area (Å²) in [4.78, 5) is 4.26. The van der Waals surface area contributed by atoms with Crippen LogP contribution in [0.2, 0.25) is 0 Å². The van der Waals surface area contributed by atoms with Crippen molar-refractivity contribution < 1.29 is 9.47 Å². The zero-order valence-electron chi connectivity index (χ0n) is 16.9. The Morgan fingerprint density at radius 3 is 2.62 bits per heavy atom. The molecule has 0 aliphatic heterocycles. The van der Waals surface area contributed by atoms with Crippen molar-refractivity contribution in [2.75, 3.05) is 13.7 Å². The summed E-state index contributed by atoms with van der Waals surface area (Å²) >= 11 is 0. The molecule has 0 aliphatic rings. The average Bonchev–Trinajstić information content (AvgIpc) is 2.72. The molecular formula is C24H27N3O2. The van der Waals surface area contributed by atoms with Gasteiger partial charge in [-0.2, -0.15) is 0 Å². The molecule has 0 radical (unpaired) electrons. The number of benzene rings is 2. The first-order chi connectivity index (χ1) is 14.0. The Balaban J connectivity index is 1.57. The Morgan fingerprint density at radius 1 is 1.07 bits per heavy atom. The minimum Gasteiger partial charge on any atom is -0.493 e. The number of pyridine rings is 1. The van der Waals surface area contributed by atoms with E-state index >= 15 is 0 Å². The van der Waals surface area contributed by atoms with Crippen LogP contribution in [-0.2, 0) is 13.0 Å². The van der Waals surface area contributed by atoms with Crippen molar-refractivity contribution in [2.45, 2.75) is 19.9 Å². The molecule has 150 valence electrons. The van der Waals surface area contributed by atoms with E-state index in [1.807, 2.05) is 24.3 Å². The lowest BCUT2D eigenvalue weighted by molar-refractivity contribution is 0.373. The smallest absolute Gasteiger partial charge is 0.219 e. The van der Waals surface area contributed by atoms with Crippen LogP contribution in [0.15, 0.2) is 67.4 Å². The summed E-state index contributed by atoms with van der Waals surface area (Å²) in [6.07, 6.45) is 2.63. The van der Waals surface area contributed by atoms with Gasteiger partial charge in [-0.15, -0.1) is 0 Å². The average molecular weight is 389 g/mol. The summed E-state index contributed by atoms with van der Waals surface area (Å²) in [6.45, 7) is 7.48. The monoisotopic (exact) mass is 389 g/mol. The van der Waals surface area contributed by atoms with Crippen molar-refractivity contribution in [3.8, 4) is 17.4 Å². The molecule has 2 aromatic carbocycles. The first-order valence-corrected chi connectivity index (χ1v) is 9.57. The first-order valence-electron chi connectivity index (χ1n) is 9.57. The van der Waals surface area contributed by atoms with Gasteiger partial charge in [0, 0.05) is 30.1 Å². The summed E-state index contributed by atoms with van der Waals surface area (Å²) in [5.74, 6) is 1.75. The number of aromatic nitrogens is 1. The molecule has 0 atom stereocenters. The normalized spacial score (nSPS) is 10.6. The predicted molar refractivity (Wildman–Crippen MR) is 117 cm³/mol. The Bertz CT molecular complexity index is 968. The van der Waals surface area contributed by atoms with Crippen molar-refractivity contribution in [1.82, 2.24) is 10.3 Å². The summed E-state index contributed by atoms with van der Waals surface area (Å²) in [6, 6.07) is 18.1. The molecule has 1 heterocycles. The molecule has 5 nitrogen and oxygen atoms in total. The molecule has 0 fully saturated rings. The fraction of sp³-hybridized carbons (Fsp3) is 0.208. The molecule has 29 heavy (non-hydrogen) atoms. The number of aryl methyl sites for hydroxylation is 1. The molecule has 3 N–H and O–H groups in total. The maximum Gasteiger partial charge on any atom is 0.219 e. The number of rotatable bonds is 9. The minimum absolute atomic E-state index is 0.470. The molecule has 5 heteroatoms. The molecule has 0 bridgehead atoms. The van der Waals surface area contributed by atoms with Crippen molar-refractivity contribution >= 4 is 5.70 Å². The van der Waals surface area contributed by atoms with Crippen LogP contribution in [0.25, 0.3) is 5.70 Å². The number of hydrogen-bond acceptors (Lipinski definition) is 5. The molecule has 0 aliphatic carbocycles. The summed E-state index contributed by atoms with van der Waals surface area (Å²) in [5, 5.41) is 3.48. The van der Waals surface area contributed by atoms with Gasteiger partial charge in [0.1, 0.15) is 0 Å². The maximum absolute atomic E-state index is 5.86. The van der Waals surface area contributed by atoms with Crippen LogP contribution >= 0.6 is 0 Å². The van der Waals surface area contributed by atoms with Gasteiger partial charge in [-0.1, -0.05) is 42.5 Å². The van der Waals surface area contributed by atoms with E-state index in [0.29, 0.717) is 23.1 Å². The topological polar surface area (TPSA) is 69.4 Å². The molecule has 0 unspecified atom stereocenters. The SMILES string of the molecule is C=C(N)c1ccc(Oc2ccc(CNCCc3cccc(C)c3)cc2OC)nc1. The number of nitrogens with one attached hydrogen (secondary N) is 1. The largest absolute Gasteiger partial charge is 0.493 e. The molecule has 0 saturated carbocycles.